The number of nitrogens with one attached hydrogen (secondary N) is 1. The van der Waals surface area contributed by atoms with E-state index in [1.165, 1.54) is 11.3 Å². The number of hydrogen-bond acceptors (Lipinski definition) is 7. The molecule has 10 heteroatoms. The van der Waals surface area contributed by atoms with E-state index in [0.717, 1.165) is 38.1 Å². The maximum absolute atomic E-state index is 14.5. The number of methoxy groups -OCH3 is 2. The van der Waals surface area contributed by atoms with Gasteiger partial charge in [0.25, 0.3) is 0 Å². The number of pyridine rings is 1. The molecule has 0 bridgehead atoms. The quantitative estimate of drug-likeness (QED) is 0.190. The van der Waals surface area contributed by atoms with Crippen LogP contribution in [0.15, 0.2) is 83.3 Å². The maximum atomic E-state index is 14.5. The summed E-state index contributed by atoms with van der Waals surface area (Å²) in [5.74, 6) is 1.28. The highest BCUT2D eigenvalue weighted by Crippen LogP contribution is 2.42. The molecule has 0 aliphatic rings. The number of H-pyrrole nitrogens is 1. The zero-order chi connectivity index (χ0) is 29.6. The Bertz CT molecular complexity index is 1990. The van der Waals surface area contributed by atoms with Crippen molar-refractivity contribution in [3.05, 3.63) is 89.6 Å². The third-order valence-corrected chi connectivity index (χ3v) is 10.6. The van der Waals surface area contributed by atoms with Gasteiger partial charge < -0.3 is 23.9 Å². The Kier molecular flexibility index (Phi) is 7.20. The second kappa shape index (κ2) is 10.8. The Hall–Kier alpha value is -4.28. The highest BCUT2D eigenvalue weighted by atomic mass is 32.2. The van der Waals surface area contributed by atoms with Crippen molar-refractivity contribution in [2.45, 2.75) is 24.1 Å². The first-order valence-electron chi connectivity index (χ1n) is 13.6. The molecule has 1 unspecified atom stereocenters. The largest absolute Gasteiger partial charge is 0.493 e. The number of rotatable bonds is 9. The van der Waals surface area contributed by atoms with Crippen molar-refractivity contribution in [3.8, 4) is 22.8 Å². The molecule has 8 nitrogen and oxygen atoms in total. The van der Waals surface area contributed by atoms with Gasteiger partial charge in [-0.1, -0.05) is 17.7 Å². The van der Waals surface area contributed by atoms with Gasteiger partial charge >= 0.3 is 0 Å². The van der Waals surface area contributed by atoms with Gasteiger partial charge in [0, 0.05) is 59.6 Å². The molecule has 0 spiro atoms. The molecule has 216 valence electrons. The molecule has 0 radical (unpaired) electrons. The van der Waals surface area contributed by atoms with Gasteiger partial charge in [0.2, 0.25) is 9.84 Å². The topological polar surface area (TPSA) is 89.4 Å². The second-order valence-electron chi connectivity index (χ2n) is 10.2. The molecule has 2 aromatic carbocycles. The molecule has 6 rings (SSSR count). The van der Waals surface area contributed by atoms with Crippen LogP contribution in [0.3, 0.4) is 0 Å². The van der Waals surface area contributed by atoms with Crippen molar-refractivity contribution in [1.82, 2.24) is 14.5 Å². The monoisotopic (exact) mass is 600 g/mol. The van der Waals surface area contributed by atoms with Gasteiger partial charge in [-0.25, -0.2) is 13.4 Å². The van der Waals surface area contributed by atoms with E-state index in [1.807, 2.05) is 90.5 Å². The number of aromatic amines is 1. The molecule has 0 saturated carbocycles. The van der Waals surface area contributed by atoms with E-state index in [9.17, 15) is 8.42 Å². The summed E-state index contributed by atoms with van der Waals surface area (Å²) in [6.07, 6.45) is 3.72. The number of anilines is 1. The number of thiophene rings is 1. The second-order valence-corrected chi connectivity index (χ2v) is 13.1. The van der Waals surface area contributed by atoms with Crippen LogP contribution >= 0.6 is 11.3 Å². The number of ether oxygens (including phenoxy) is 2. The molecular formula is C32H32N4O4S2. The highest BCUT2D eigenvalue weighted by Gasteiger charge is 2.36. The van der Waals surface area contributed by atoms with Gasteiger partial charge in [-0.05, 0) is 61.7 Å². The zero-order valence-corrected chi connectivity index (χ0v) is 25.7. The summed E-state index contributed by atoms with van der Waals surface area (Å²) in [6, 6.07) is 18.7. The van der Waals surface area contributed by atoms with Crippen LogP contribution in [0, 0.1) is 6.92 Å². The lowest BCUT2D eigenvalue weighted by Crippen LogP contribution is -2.34. The molecule has 1 N–H and O–H groups in total. The molecule has 42 heavy (non-hydrogen) atoms. The number of nitrogens with zero attached hydrogens (tertiary/aromatic N) is 3. The van der Waals surface area contributed by atoms with Gasteiger partial charge in [-0.2, -0.15) is 0 Å². The number of benzene rings is 2. The fraction of sp³-hybridized carbons (Fsp3) is 0.219. The van der Waals surface area contributed by atoms with E-state index in [4.69, 9.17) is 9.47 Å². The normalized spacial score (nSPS) is 12.6. The van der Waals surface area contributed by atoms with Crippen molar-refractivity contribution in [2.24, 2.45) is 7.05 Å². The smallest absolute Gasteiger partial charge is 0.203 e. The Morgan fingerprint density at radius 1 is 1.02 bits per heavy atom. The van der Waals surface area contributed by atoms with Crippen LogP contribution in [0.2, 0.25) is 0 Å². The summed E-state index contributed by atoms with van der Waals surface area (Å²) >= 11 is 1.52. The Morgan fingerprint density at radius 2 is 1.76 bits per heavy atom. The van der Waals surface area contributed by atoms with E-state index in [0.29, 0.717) is 29.3 Å². The predicted molar refractivity (Wildman–Crippen MR) is 170 cm³/mol. The van der Waals surface area contributed by atoms with Crippen molar-refractivity contribution >= 4 is 48.1 Å². The predicted octanol–water partition coefficient (Wildman–Crippen LogP) is 7.11. The van der Waals surface area contributed by atoms with Crippen molar-refractivity contribution < 1.29 is 17.9 Å². The summed E-state index contributed by atoms with van der Waals surface area (Å²) in [5.41, 5.74) is 5.03. The van der Waals surface area contributed by atoms with Crippen LogP contribution < -0.4 is 14.4 Å². The lowest BCUT2D eigenvalue weighted by molar-refractivity contribution is 0.355. The van der Waals surface area contributed by atoms with Gasteiger partial charge in [-0.15, -0.1) is 11.3 Å². The molecule has 0 aliphatic carbocycles. The van der Waals surface area contributed by atoms with E-state index < -0.39 is 15.2 Å². The lowest BCUT2D eigenvalue weighted by Gasteiger charge is -2.32. The number of hydrogen-bond donors (Lipinski definition) is 1. The Labute approximate surface area is 249 Å². The molecule has 0 fully saturated rings. The Balaban J connectivity index is 1.57. The number of aryl methyl sites for hydroxylation is 2. The minimum atomic E-state index is -3.85. The SMILES string of the molecule is CCN(c1cccs1)C(c1ccnc2[nH]c(-c3cn(C)c4cc(OC)c(OC)cc34)cc12)S(=O)(=O)c1ccc(C)cc1. The first-order chi connectivity index (χ1) is 20.3. The lowest BCUT2D eigenvalue weighted by atomic mass is 10.1. The molecular weight excluding hydrogens is 569 g/mol. The fourth-order valence-corrected chi connectivity index (χ4v) is 8.36. The average Bonchev–Trinajstić information content (AvgIpc) is 3.74. The fourth-order valence-electron chi connectivity index (χ4n) is 5.56. The Morgan fingerprint density at radius 3 is 2.43 bits per heavy atom. The molecule has 0 saturated heterocycles. The summed E-state index contributed by atoms with van der Waals surface area (Å²) < 4.78 is 42.1. The minimum absolute atomic E-state index is 0.281. The summed E-state index contributed by atoms with van der Waals surface area (Å²) in [4.78, 5) is 10.3. The molecule has 4 aromatic heterocycles. The van der Waals surface area contributed by atoms with Gasteiger partial charge in [-0.3, -0.25) is 0 Å². The average molecular weight is 601 g/mol. The zero-order valence-electron chi connectivity index (χ0n) is 24.1. The van der Waals surface area contributed by atoms with E-state index in [1.54, 1.807) is 32.5 Å². The number of sulfone groups is 1. The minimum Gasteiger partial charge on any atom is -0.493 e. The van der Waals surface area contributed by atoms with Crippen LogP contribution in [-0.2, 0) is 16.9 Å². The third-order valence-electron chi connectivity index (χ3n) is 7.67. The maximum Gasteiger partial charge on any atom is 0.203 e. The van der Waals surface area contributed by atoms with Gasteiger partial charge in [0.15, 0.2) is 16.9 Å². The summed E-state index contributed by atoms with van der Waals surface area (Å²) in [6.45, 7) is 4.43. The van der Waals surface area contributed by atoms with Crippen LogP contribution in [0.25, 0.3) is 33.2 Å². The summed E-state index contributed by atoms with van der Waals surface area (Å²) in [7, 11) is 1.37. The van der Waals surface area contributed by atoms with Crippen LogP contribution in [0.4, 0.5) is 5.00 Å². The van der Waals surface area contributed by atoms with Crippen molar-refractivity contribution in [1.29, 1.82) is 0 Å². The van der Waals surface area contributed by atoms with Crippen molar-refractivity contribution in [3.63, 3.8) is 0 Å². The van der Waals surface area contributed by atoms with E-state index in [2.05, 4.69) is 9.97 Å². The van der Waals surface area contributed by atoms with Gasteiger partial charge in [0.05, 0.1) is 29.6 Å². The molecule has 6 aromatic rings. The van der Waals surface area contributed by atoms with Crippen LogP contribution in [0.5, 0.6) is 11.5 Å². The first-order valence-corrected chi connectivity index (χ1v) is 16.0. The third kappa shape index (κ3) is 4.60. The first kappa shape index (κ1) is 27.9. The summed E-state index contributed by atoms with van der Waals surface area (Å²) in [5, 5.41) is 3.61. The molecule has 4 heterocycles. The van der Waals surface area contributed by atoms with E-state index in [-0.39, 0.29) is 4.90 Å². The molecule has 1 atom stereocenters. The van der Waals surface area contributed by atoms with Crippen molar-refractivity contribution in [2.75, 3.05) is 25.7 Å². The van der Waals surface area contributed by atoms with Crippen LogP contribution in [-0.4, -0.2) is 43.7 Å². The van der Waals surface area contributed by atoms with E-state index >= 15 is 0 Å². The number of aromatic nitrogens is 3. The standard InChI is InChI=1S/C32H32N4O4S2/c1-6-36(30-8-7-15-41-30)32(42(37,38)21-11-9-20(2)10-12-21)22-13-14-33-31-24(22)16-26(34-31)25-19-35(3)27-18-29(40-5)28(39-4)17-23(25)27/h7-19,32H,6H2,1-5H3,(H,33,34). The highest BCUT2D eigenvalue weighted by molar-refractivity contribution is 7.91. The molecule has 0 amide bonds. The number of fused-ring (bicyclic) bond motifs is 2. The molecule has 0 aliphatic heterocycles. The van der Waals surface area contributed by atoms with Crippen LogP contribution in [0.1, 0.15) is 23.4 Å². The van der Waals surface area contributed by atoms with Gasteiger partial charge in [0.1, 0.15) is 5.65 Å².